The van der Waals surface area contributed by atoms with Crippen molar-refractivity contribution < 1.29 is 17.6 Å². The first-order valence-electron chi connectivity index (χ1n) is 11.3. The number of pyridine rings is 1. The molecule has 1 amide bonds. The predicted octanol–water partition coefficient (Wildman–Crippen LogP) is 4.10. The van der Waals surface area contributed by atoms with Gasteiger partial charge in [-0.05, 0) is 34.7 Å². The summed E-state index contributed by atoms with van der Waals surface area (Å²) in [6.07, 6.45) is 2.95. The van der Waals surface area contributed by atoms with Crippen LogP contribution in [0, 0.1) is 5.82 Å². The fraction of sp³-hybridized carbons (Fsp3) is 0.185. The maximum Gasteiger partial charge on any atom is 0.240 e. The van der Waals surface area contributed by atoms with Crippen LogP contribution in [-0.2, 0) is 26.8 Å². The van der Waals surface area contributed by atoms with Gasteiger partial charge in [-0.1, -0.05) is 54.6 Å². The number of nitrogens with zero attached hydrogens (tertiary/aromatic N) is 3. The largest absolute Gasteiger partial charge is 0.305 e. The zero-order chi connectivity index (χ0) is 24.4. The lowest BCUT2D eigenvalue weighted by Crippen LogP contribution is -2.64. The van der Waals surface area contributed by atoms with Crippen LogP contribution in [0.2, 0.25) is 0 Å². The van der Waals surface area contributed by atoms with E-state index in [-0.39, 0.29) is 31.4 Å². The van der Waals surface area contributed by atoms with Gasteiger partial charge in [0.25, 0.3) is 0 Å². The standard InChI is InChI=1S/C27H22FN3O3S/c1-35(33,34)30-16-27(17-30)22-8-4-5-9-24(22)31(26(27)32)15-23-25(18-10-12-20(28)13-11-18)21-7-3-2-6-19(21)14-29-23/h2-14H,15-17H2,1H3. The van der Waals surface area contributed by atoms with E-state index in [1.165, 1.54) is 16.4 Å². The second-order valence-corrected chi connectivity index (χ2v) is 11.2. The number of carbonyl (C=O) groups is 1. The third-order valence-electron chi connectivity index (χ3n) is 7.05. The quantitative estimate of drug-likeness (QED) is 0.435. The Morgan fingerprint density at radius 2 is 1.66 bits per heavy atom. The van der Waals surface area contributed by atoms with Crippen LogP contribution in [-0.4, -0.2) is 43.0 Å². The molecule has 1 spiro atoms. The van der Waals surface area contributed by atoms with Gasteiger partial charge in [0.1, 0.15) is 11.2 Å². The second-order valence-electron chi connectivity index (χ2n) is 9.20. The Balaban J connectivity index is 1.46. The molecule has 6 rings (SSSR count). The molecule has 0 unspecified atom stereocenters. The van der Waals surface area contributed by atoms with Crippen molar-refractivity contribution in [3.8, 4) is 11.1 Å². The number of benzene rings is 3. The van der Waals surface area contributed by atoms with Crippen molar-refractivity contribution in [1.82, 2.24) is 9.29 Å². The Morgan fingerprint density at radius 3 is 2.40 bits per heavy atom. The molecule has 3 heterocycles. The molecule has 1 saturated heterocycles. The first-order valence-corrected chi connectivity index (χ1v) is 13.1. The Hall–Kier alpha value is -3.62. The predicted molar refractivity (Wildman–Crippen MR) is 133 cm³/mol. The molecule has 4 aromatic rings. The molecular formula is C27H22FN3O3S. The van der Waals surface area contributed by atoms with E-state index in [9.17, 15) is 17.6 Å². The monoisotopic (exact) mass is 487 g/mol. The maximum absolute atomic E-state index is 13.8. The van der Waals surface area contributed by atoms with E-state index in [1.807, 2.05) is 48.5 Å². The van der Waals surface area contributed by atoms with Crippen LogP contribution in [0.4, 0.5) is 10.1 Å². The molecule has 1 aromatic heterocycles. The number of halogens is 1. The number of carbonyl (C=O) groups excluding carboxylic acids is 1. The van der Waals surface area contributed by atoms with Crippen LogP contribution in [0.5, 0.6) is 0 Å². The van der Waals surface area contributed by atoms with E-state index in [1.54, 1.807) is 23.2 Å². The van der Waals surface area contributed by atoms with Crippen molar-refractivity contribution >= 4 is 32.4 Å². The van der Waals surface area contributed by atoms with E-state index < -0.39 is 15.4 Å². The summed E-state index contributed by atoms with van der Waals surface area (Å²) in [7, 11) is -3.38. The summed E-state index contributed by atoms with van der Waals surface area (Å²) in [5.41, 5.74) is 3.08. The topological polar surface area (TPSA) is 70.6 Å². The summed E-state index contributed by atoms with van der Waals surface area (Å²) in [4.78, 5) is 20.3. The van der Waals surface area contributed by atoms with Gasteiger partial charge in [0, 0.05) is 35.9 Å². The Labute approximate surface area is 202 Å². The van der Waals surface area contributed by atoms with Crippen molar-refractivity contribution in [2.45, 2.75) is 12.0 Å². The highest BCUT2D eigenvalue weighted by atomic mass is 32.2. The molecule has 0 atom stereocenters. The Morgan fingerprint density at radius 1 is 0.971 bits per heavy atom. The minimum Gasteiger partial charge on any atom is -0.305 e. The van der Waals surface area contributed by atoms with Gasteiger partial charge in [0.05, 0.1) is 18.5 Å². The third-order valence-corrected chi connectivity index (χ3v) is 8.24. The van der Waals surface area contributed by atoms with Crippen LogP contribution in [0.25, 0.3) is 21.9 Å². The molecule has 1 fully saturated rings. The first kappa shape index (κ1) is 21.9. The Kier molecular flexibility index (Phi) is 4.81. The lowest BCUT2D eigenvalue weighted by atomic mass is 9.76. The summed E-state index contributed by atoms with van der Waals surface area (Å²) < 4.78 is 39.1. The summed E-state index contributed by atoms with van der Waals surface area (Å²) in [6, 6.07) is 21.7. The second kappa shape index (κ2) is 7.69. The molecule has 2 aliphatic heterocycles. The highest BCUT2D eigenvalue weighted by Gasteiger charge is 2.60. The molecular weight excluding hydrogens is 465 g/mol. The van der Waals surface area contributed by atoms with Crippen LogP contribution < -0.4 is 4.90 Å². The van der Waals surface area contributed by atoms with E-state index in [2.05, 4.69) is 0 Å². The summed E-state index contributed by atoms with van der Waals surface area (Å²) in [5.74, 6) is -0.451. The average molecular weight is 488 g/mol. The van der Waals surface area contributed by atoms with Crippen LogP contribution >= 0.6 is 0 Å². The van der Waals surface area contributed by atoms with Gasteiger partial charge in [-0.15, -0.1) is 0 Å². The molecule has 3 aromatic carbocycles. The fourth-order valence-electron chi connectivity index (χ4n) is 5.26. The van der Waals surface area contributed by atoms with Crippen molar-refractivity contribution in [2.75, 3.05) is 24.2 Å². The summed E-state index contributed by atoms with van der Waals surface area (Å²) in [6.45, 7) is 0.482. The maximum atomic E-state index is 13.8. The number of amides is 1. The first-order chi connectivity index (χ1) is 16.8. The SMILES string of the molecule is CS(=O)(=O)N1CC2(C1)C(=O)N(Cc1ncc3ccccc3c1-c1ccc(F)cc1)c1ccccc12. The van der Waals surface area contributed by atoms with Crippen molar-refractivity contribution in [3.05, 3.63) is 96.1 Å². The number of anilines is 1. The molecule has 35 heavy (non-hydrogen) atoms. The summed E-state index contributed by atoms with van der Waals surface area (Å²) in [5, 5.41) is 1.91. The molecule has 2 aliphatic rings. The van der Waals surface area contributed by atoms with Crippen molar-refractivity contribution in [3.63, 3.8) is 0 Å². The van der Waals surface area contributed by atoms with E-state index >= 15 is 0 Å². The van der Waals surface area contributed by atoms with Crippen LogP contribution in [0.15, 0.2) is 79.0 Å². The normalized spacial score (nSPS) is 17.1. The van der Waals surface area contributed by atoms with Gasteiger partial charge in [-0.3, -0.25) is 9.78 Å². The van der Waals surface area contributed by atoms with Gasteiger partial charge < -0.3 is 4.90 Å². The average Bonchev–Trinajstić information content (AvgIpc) is 3.06. The lowest BCUT2D eigenvalue weighted by Gasteiger charge is -2.45. The van der Waals surface area contributed by atoms with E-state index in [0.717, 1.165) is 39.4 Å². The molecule has 0 radical (unpaired) electrons. The van der Waals surface area contributed by atoms with Gasteiger partial charge in [0.2, 0.25) is 15.9 Å². The van der Waals surface area contributed by atoms with Gasteiger partial charge in [0.15, 0.2) is 0 Å². The number of fused-ring (bicyclic) bond motifs is 3. The van der Waals surface area contributed by atoms with E-state index in [4.69, 9.17) is 4.98 Å². The highest BCUT2D eigenvalue weighted by molar-refractivity contribution is 7.88. The zero-order valence-corrected chi connectivity index (χ0v) is 19.8. The molecule has 0 aliphatic carbocycles. The number of hydrogen-bond acceptors (Lipinski definition) is 4. The molecule has 0 N–H and O–H groups in total. The third kappa shape index (κ3) is 3.36. The van der Waals surface area contributed by atoms with Crippen LogP contribution in [0.1, 0.15) is 11.3 Å². The Bertz CT molecular complexity index is 1600. The molecule has 6 nitrogen and oxygen atoms in total. The fourth-order valence-corrected chi connectivity index (χ4v) is 6.17. The minimum atomic E-state index is -3.38. The molecule has 0 bridgehead atoms. The summed E-state index contributed by atoms with van der Waals surface area (Å²) >= 11 is 0. The van der Waals surface area contributed by atoms with Gasteiger partial charge in [-0.25, -0.2) is 12.8 Å². The van der Waals surface area contributed by atoms with Gasteiger partial charge in [-0.2, -0.15) is 4.31 Å². The highest BCUT2D eigenvalue weighted by Crippen LogP contribution is 2.48. The number of aromatic nitrogens is 1. The van der Waals surface area contributed by atoms with Crippen molar-refractivity contribution in [2.24, 2.45) is 0 Å². The van der Waals surface area contributed by atoms with Crippen LogP contribution in [0.3, 0.4) is 0 Å². The molecule has 176 valence electrons. The van der Waals surface area contributed by atoms with E-state index in [0.29, 0.717) is 5.69 Å². The number of para-hydroxylation sites is 1. The number of rotatable bonds is 4. The number of hydrogen-bond donors (Lipinski definition) is 0. The zero-order valence-electron chi connectivity index (χ0n) is 19.0. The molecule has 8 heteroatoms. The smallest absolute Gasteiger partial charge is 0.240 e. The molecule has 0 saturated carbocycles. The number of sulfonamides is 1. The minimum absolute atomic E-state index is 0.126. The lowest BCUT2D eigenvalue weighted by molar-refractivity contribution is -0.127. The van der Waals surface area contributed by atoms with Gasteiger partial charge >= 0.3 is 0 Å². The van der Waals surface area contributed by atoms with Crippen molar-refractivity contribution in [1.29, 1.82) is 0 Å².